The highest BCUT2D eigenvalue weighted by atomic mass is 32.2. The van der Waals surface area contributed by atoms with Crippen LogP contribution in [0.25, 0.3) is 0 Å². The Morgan fingerprint density at radius 2 is 1.62 bits per heavy atom. The highest BCUT2D eigenvalue weighted by molar-refractivity contribution is 7.89. The molecule has 0 bridgehead atoms. The van der Waals surface area contributed by atoms with Crippen LogP contribution in [0.1, 0.15) is 11.1 Å². The number of β-amino-alcohol motifs (C(OH)–C–C–N with tert-alkyl or cyclic N) is 1. The van der Waals surface area contributed by atoms with Gasteiger partial charge in [0.05, 0.1) is 11.0 Å². The molecule has 0 aromatic heterocycles. The smallest absolute Gasteiger partial charge is 0.243 e. The lowest BCUT2D eigenvalue weighted by Crippen LogP contribution is -2.51. The Morgan fingerprint density at radius 1 is 1.00 bits per heavy atom. The van der Waals surface area contributed by atoms with Crippen molar-refractivity contribution in [2.75, 3.05) is 46.3 Å². The van der Waals surface area contributed by atoms with Crippen LogP contribution in [0, 0.1) is 6.92 Å². The molecule has 29 heavy (non-hydrogen) atoms. The number of nitrogens with zero attached hydrogens (tertiary/aromatic N) is 3. The van der Waals surface area contributed by atoms with Gasteiger partial charge in [0.2, 0.25) is 10.0 Å². The number of benzene rings is 2. The first-order valence-electron chi connectivity index (χ1n) is 10.0. The SMILES string of the molecule is Cc1ccc(S(=O)(=O)N2CCN(CC(O)CN(C)Cc3ccccc3)CC2)cc1. The van der Waals surface area contributed by atoms with Crippen LogP contribution in [-0.2, 0) is 16.6 Å². The van der Waals surface area contributed by atoms with E-state index in [4.69, 9.17) is 0 Å². The van der Waals surface area contributed by atoms with Gasteiger partial charge in [0, 0.05) is 45.8 Å². The van der Waals surface area contributed by atoms with E-state index in [0.717, 1.165) is 12.1 Å². The second kappa shape index (κ2) is 9.82. The fraction of sp³-hybridized carbons (Fsp3) is 0.455. The Labute approximate surface area is 174 Å². The Morgan fingerprint density at radius 3 is 2.24 bits per heavy atom. The molecule has 158 valence electrons. The van der Waals surface area contributed by atoms with Crippen molar-refractivity contribution in [2.24, 2.45) is 0 Å². The van der Waals surface area contributed by atoms with E-state index < -0.39 is 16.1 Å². The Bertz CT molecular complexity index is 864. The maximum Gasteiger partial charge on any atom is 0.243 e. The van der Waals surface area contributed by atoms with Crippen LogP contribution in [-0.4, -0.2) is 80.0 Å². The molecule has 2 aromatic carbocycles. The van der Waals surface area contributed by atoms with Gasteiger partial charge in [0.15, 0.2) is 0 Å². The van der Waals surface area contributed by atoms with Crippen LogP contribution in [0.5, 0.6) is 0 Å². The lowest BCUT2D eigenvalue weighted by atomic mass is 10.2. The number of aliphatic hydroxyl groups excluding tert-OH is 1. The molecule has 3 rings (SSSR count). The van der Waals surface area contributed by atoms with Gasteiger partial charge in [0.25, 0.3) is 0 Å². The number of hydrogen-bond donors (Lipinski definition) is 1. The maximum absolute atomic E-state index is 12.8. The molecule has 1 aliphatic heterocycles. The fourth-order valence-corrected chi connectivity index (χ4v) is 5.11. The van der Waals surface area contributed by atoms with Crippen molar-refractivity contribution in [3.63, 3.8) is 0 Å². The van der Waals surface area contributed by atoms with E-state index in [2.05, 4.69) is 21.9 Å². The molecule has 1 N–H and O–H groups in total. The van der Waals surface area contributed by atoms with E-state index in [1.807, 2.05) is 44.3 Å². The second-order valence-electron chi connectivity index (χ2n) is 7.85. The summed E-state index contributed by atoms with van der Waals surface area (Å²) >= 11 is 0. The summed E-state index contributed by atoms with van der Waals surface area (Å²) in [5.74, 6) is 0. The molecule has 0 saturated carbocycles. The molecule has 0 spiro atoms. The number of rotatable bonds is 8. The van der Waals surface area contributed by atoms with Crippen LogP contribution in [0.2, 0.25) is 0 Å². The maximum atomic E-state index is 12.8. The minimum Gasteiger partial charge on any atom is -0.390 e. The Kier molecular flexibility index (Phi) is 7.43. The normalized spacial score (nSPS) is 17.5. The first-order chi connectivity index (χ1) is 13.8. The third kappa shape index (κ3) is 6.10. The van der Waals surface area contributed by atoms with E-state index in [1.54, 1.807) is 16.4 Å². The van der Waals surface area contributed by atoms with E-state index in [1.165, 1.54) is 5.56 Å². The summed E-state index contributed by atoms with van der Waals surface area (Å²) < 4.78 is 27.1. The molecule has 1 aliphatic rings. The largest absolute Gasteiger partial charge is 0.390 e. The van der Waals surface area contributed by atoms with Gasteiger partial charge in [0.1, 0.15) is 0 Å². The van der Waals surface area contributed by atoms with Crippen LogP contribution < -0.4 is 0 Å². The van der Waals surface area contributed by atoms with Gasteiger partial charge >= 0.3 is 0 Å². The number of hydrogen-bond acceptors (Lipinski definition) is 5. The first-order valence-corrected chi connectivity index (χ1v) is 11.5. The number of aliphatic hydroxyl groups is 1. The molecule has 1 fully saturated rings. The zero-order chi connectivity index (χ0) is 20.9. The van der Waals surface area contributed by atoms with Crippen molar-refractivity contribution < 1.29 is 13.5 Å². The number of piperazine rings is 1. The van der Waals surface area contributed by atoms with Crippen LogP contribution >= 0.6 is 0 Å². The molecular weight excluding hydrogens is 386 g/mol. The summed E-state index contributed by atoms with van der Waals surface area (Å²) in [5.41, 5.74) is 2.26. The van der Waals surface area contributed by atoms with Gasteiger partial charge in [-0.15, -0.1) is 0 Å². The summed E-state index contributed by atoms with van der Waals surface area (Å²) in [7, 11) is -1.45. The molecule has 1 saturated heterocycles. The number of aryl methyl sites for hydroxylation is 1. The molecule has 0 radical (unpaired) electrons. The predicted octanol–water partition coefficient (Wildman–Crippen LogP) is 1.79. The van der Waals surface area contributed by atoms with Crippen molar-refractivity contribution in [1.29, 1.82) is 0 Å². The number of sulfonamides is 1. The summed E-state index contributed by atoms with van der Waals surface area (Å²) in [4.78, 5) is 4.60. The monoisotopic (exact) mass is 417 g/mol. The zero-order valence-corrected chi connectivity index (χ0v) is 18.1. The Balaban J connectivity index is 1.46. The van der Waals surface area contributed by atoms with Crippen LogP contribution in [0.4, 0.5) is 0 Å². The summed E-state index contributed by atoms with van der Waals surface area (Å²) in [6.45, 7) is 6.02. The first kappa shape index (κ1) is 21.9. The lowest BCUT2D eigenvalue weighted by molar-refractivity contribution is 0.0669. The highest BCUT2D eigenvalue weighted by Crippen LogP contribution is 2.18. The van der Waals surface area contributed by atoms with Crippen molar-refractivity contribution >= 4 is 10.0 Å². The van der Waals surface area contributed by atoms with E-state index in [-0.39, 0.29) is 0 Å². The minimum atomic E-state index is -3.45. The van der Waals surface area contributed by atoms with Crippen molar-refractivity contribution in [2.45, 2.75) is 24.5 Å². The quantitative estimate of drug-likeness (QED) is 0.710. The second-order valence-corrected chi connectivity index (χ2v) is 9.79. The Hall–Kier alpha value is -1.77. The van der Waals surface area contributed by atoms with Crippen molar-refractivity contribution in [1.82, 2.24) is 14.1 Å². The topological polar surface area (TPSA) is 64.1 Å². The molecule has 1 atom stereocenters. The minimum absolute atomic E-state index is 0.346. The predicted molar refractivity (Wildman–Crippen MR) is 115 cm³/mol. The van der Waals surface area contributed by atoms with Gasteiger partial charge < -0.3 is 5.11 Å². The number of likely N-dealkylation sites (N-methyl/N-ethyl adjacent to an activating group) is 1. The highest BCUT2D eigenvalue weighted by Gasteiger charge is 2.29. The molecule has 0 amide bonds. The molecule has 7 heteroatoms. The molecule has 6 nitrogen and oxygen atoms in total. The van der Waals surface area contributed by atoms with E-state index in [0.29, 0.717) is 44.2 Å². The van der Waals surface area contributed by atoms with Crippen molar-refractivity contribution in [3.8, 4) is 0 Å². The van der Waals surface area contributed by atoms with Crippen molar-refractivity contribution in [3.05, 3.63) is 65.7 Å². The third-order valence-corrected chi connectivity index (χ3v) is 7.19. The lowest BCUT2D eigenvalue weighted by Gasteiger charge is -2.35. The summed E-state index contributed by atoms with van der Waals surface area (Å²) in [5, 5.41) is 10.5. The third-order valence-electron chi connectivity index (χ3n) is 5.28. The average Bonchev–Trinajstić information content (AvgIpc) is 2.69. The van der Waals surface area contributed by atoms with Gasteiger partial charge in [-0.25, -0.2) is 8.42 Å². The zero-order valence-electron chi connectivity index (χ0n) is 17.2. The van der Waals surface area contributed by atoms with Gasteiger partial charge in [-0.2, -0.15) is 4.31 Å². The standard InChI is InChI=1S/C22H31N3O3S/c1-19-8-10-22(11-9-19)29(27,28)25-14-12-24(13-15-25)18-21(26)17-23(2)16-20-6-4-3-5-7-20/h3-11,21,26H,12-18H2,1-2H3. The van der Waals surface area contributed by atoms with Gasteiger partial charge in [-0.3, -0.25) is 9.80 Å². The van der Waals surface area contributed by atoms with E-state index in [9.17, 15) is 13.5 Å². The summed E-state index contributed by atoms with van der Waals surface area (Å²) in [6, 6.07) is 17.2. The average molecular weight is 418 g/mol. The summed E-state index contributed by atoms with van der Waals surface area (Å²) in [6.07, 6.45) is -0.469. The molecular formula is C22H31N3O3S. The molecule has 2 aromatic rings. The van der Waals surface area contributed by atoms with Gasteiger partial charge in [-0.1, -0.05) is 48.0 Å². The van der Waals surface area contributed by atoms with E-state index >= 15 is 0 Å². The van der Waals surface area contributed by atoms with Crippen LogP contribution in [0.3, 0.4) is 0 Å². The molecule has 0 aliphatic carbocycles. The van der Waals surface area contributed by atoms with Gasteiger partial charge in [-0.05, 0) is 31.7 Å². The molecule has 1 unspecified atom stereocenters. The fourth-order valence-electron chi connectivity index (χ4n) is 3.69. The van der Waals surface area contributed by atoms with Crippen LogP contribution in [0.15, 0.2) is 59.5 Å². The molecule has 1 heterocycles.